The number of rotatable bonds is 5. The van der Waals surface area contributed by atoms with E-state index in [2.05, 4.69) is 4.98 Å². The van der Waals surface area contributed by atoms with Crippen molar-refractivity contribution in [2.24, 2.45) is 0 Å². The topological polar surface area (TPSA) is 47.3 Å². The molecule has 0 radical (unpaired) electrons. The zero-order chi connectivity index (χ0) is 12.1. The van der Waals surface area contributed by atoms with Crippen molar-refractivity contribution in [3.63, 3.8) is 0 Å². The Morgan fingerprint density at radius 3 is 2.94 bits per heavy atom. The van der Waals surface area contributed by atoms with Gasteiger partial charge in [0.25, 0.3) is 0 Å². The van der Waals surface area contributed by atoms with Crippen molar-refractivity contribution in [3.05, 3.63) is 42.5 Å². The molecule has 0 bridgehead atoms. The zero-order valence-electron chi connectivity index (χ0n) is 9.84. The second kappa shape index (κ2) is 5.39. The predicted molar refractivity (Wildman–Crippen MR) is 65.2 cm³/mol. The van der Waals surface area contributed by atoms with Crippen molar-refractivity contribution in [3.8, 4) is 11.5 Å². The molecule has 0 fully saturated rings. The third-order valence-electron chi connectivity index (χ3n) is 2.42. The van der Waals surface area contributed by atoms with E-state index in [-0.39, 0.29) is 5.75 Å². The van der Waals surface area contributed by atoms with Crippen molar-refractivity contribution >= 4 is 0 Å². The molecule has 0 atom stereocenters. The number of phenolic OH excluding ortho intramolecular Hbond substituents is 1. The van der Waals surface area contributed by atoms with Crippen molar-refractivity contribution in [1.29, 1.82) is 0 Å². The quantitative estimate of drug-likeness (QED) is 0.805. The molecule has 90 valence electrons. The summed E-state index contributed by atoms with van der Waals surface area (Å²) in [4.78, 5) is 3.97. The van der Waals surface area contributed by atoms with Gasteiger partial charge in [0, 0.05) is 25.0 Å². The standard InChI is InChI=1S/C13H16N2O2/c1-11-7-12(16)9-13(8-11)17-6-2-4-15-5-3-14-10-15/h3,5,7-10,16H,2,4,6H2,1H3. The van der Waals surface area contributed by atoms with E-state index in [4.69, 9.17) is 4.74 Å². The summed E-state index contributed by atoms with van der Waals surface area (Å²) in [5.41, 5.74) is 0.995. The second-order valence-electron chi connectivity index (χ2n) is 4.01. The zero-order valence-corrected chi connectivity index (χ0v) is 9.84. The van der Waals surface area contributed by atoms with Crippen LogP contribution in [0.4, 0.5) is 0 Å². The lowest BCUT2D eigenvalue weighted by molar-refractivity contribution is 0.300. The number of imidazole rings is 1. The van der Waals surface area contributed by atoms with E-state index in [1.54, 1.807) is 24.7 Å². The summed E-state index contributed by atoms with van der Waals surface area (Å²) in [6.07, 6.45) is 6.39. The number of hydrogen-bond donors (Lipinski definition) is 1. The van der Waals surface area contributed by atoms with Gasteiger partial charge in [0.1, 0.15) is 11.5 Å². The Labute approximate surface area is 100 Å². The molecule has 17 heavy (non-hydrogen) atoms. The van der Waals surface area contributed by atoms with Crippen LogP contribution in [0.5, 0.6) is 11.5 Å². The highest BCUT2D eigenvalue weighted by atomic mass is 16.5. The molecule has 1 aromatic heterocycles. The van der Waals surface area contributed by atoms with Crippen LogP contribution in [0.2, 0.25) is 0 Å². The van der Waals surface area contributed by atoms with Crippen LogP contribution in [0.3, 0.4) is 0 Å². The molecule has 4 nitrogen and oxygen atoms in total. The summed E-state index contributed by atoms with van der Waals surface area (Å²) in [5, 5.41) is 9.41. The highest BCUT2D eigenvalue weighted by Gasteiger charge is 1.98. The molecule has 0 aliphatic carbocycles. The molecule has 0 saturated heterocycles. The van der Waals surface area contributed by atoms with E-state index in [9.17, 15) is 5.11 Å². The summed E-state index contributed by atoms with van der Waals surface area (Å²) >= 11 is 0. The van der Waals surface area contributed by atoms with Crippen LogP contribution in [0.25, 0.3) is 0 Å². The highest BCUT2D eigenvalue weighted by Crippen LogP contribution is 2.21. The summed E-state index contributed by atoms with van der Waals surface area (Å²) < 4.78 is 7.58. The van der Waals surface area contributed by atoms with Gasteiger partial charge in [-0.3, -0.25) is 0 Å². The van der Waals surface area contributed by atoms with E-state index < -0.39 is 0 Å². The smallest absolute Gasteiger partial charge is 0.123 e. The maximum Gasteiger partial charge on any atom is 0.123 e. The molecule has 1 heterocycles. The number of hydrogen-bond acceptors (Lipinski definition) is 3. The predicted octanol–water partition coefficient (Wildman–Crippen LogP) is 2.37. The van der Waals surface area contributed by atoms with Gasteiger partial charge in [-0.2, -0.15) is 0 Å². The van der Waals surface area contributed by atoms with Gasteiger partial charge < -0.3 is 14.4 Å². The van der Waals surface area contributed by atoms with Crippen molar-refractivity contribution < 1.29 is 9.84 Å². The van der Waals surface area contributed by atoms with Crippen LogP contribution in [-0.4, -0.2) is 21.3 Å². The molecule has 4 heteroatoms. The fourth-order valence-corrected chi connectivity index (χ4v) is 1.67. The fourth-order valence-electron chi connectivity index (χ4n) is 1.67. The third-order valence-corrected chi connectivity index (χ3v) is 2.42. The lowest BCUT2D eigenvalue weighted by Gasteiger charge is -2.07. The van der Waals surface area contributed by atoms with E-state index >= 15 is 0 Å². The van der Waals surface area contributed by atoms with E-state index in [0.717, 1.165) is 18.5 Å². The van der Waals surface area contributed by atoms with E-state index in [1.807, 2.05) is 23.8 Å². The number of ether oxygens (including phenoxy) is 1. The van der Waals surface area contributed by atoms with Crippen LogP contribution in [0, 0.1) is 6.92 Å². The van der Waals surface area contributed by atoms with Crippen LogP contribution in [0.1, 0.15) is 12.0 Å². The van der Waals surface area contributed by atoms with Gasteiger partial charge in [-0.25, -0.2) is 4.98 Å². The van der Waals surface area contributed by atoms with Crippen molar-refractivity contribution in [2.45, 2.75) is 19.9 Å². The summed E-state index contributed by atoms with van der Waals surface area (Å²) in [7, 11) is 0. The van der Waals surface area contributed by atoms with Crippen LogP contribution in [-0.2, 0) is 6.54 Å². The Morgan fingerprint density at radius 2 is 2.24 bits per heavy atom. The summed E-state index contributed by atoms with van der Waals surface area (Å²) in [6.45, 7) is 3.44. The Morgan fingerprint density at radius 1 is 1.35 bits per heavy atom. The summed E-state index contributed by atoms with van der Waals surface area (Å²) in [6, 6.07) is 5.25. The normalized spacial score (nSPS) is 10.4. The van der Waals surface area contributed by atoms with Gasteiger partial charge in [-0.15, -0.1) is 0 Å². The van der Waals surface area contributed by atoms with E-state index in [1.165, 1.54) is 0 Å². The van der Waals surface area contributed by atoms with Crippen LogP contribution >= 0.6 is 0 Å². The minimum atomic E-state index is 0.245. The molecule has 0 saturated carbocycles. The number of benzene rings is 1. The van der Waals surface area contributed by atoms with Gasteiger partial charge in [-0.1, -0.05) is 0 Å². The molecule has 0 aliphatic heterocycles. The van der Waals surface area contributed by atoms with Crippen molar-refractivity contribution in [2.75, 3.05) is 6.61 Å². The fraction of sp³-hybridized carbons (Fsp3) is 0.308. The van der Waals surface area contributed by atoms with Gasteiger partial charge >= 0.3 is 0 Å². The minimum absolute atomic E-state index is 0.245. The van der Waals surface area contributed by atoms with E-state index in [0.29, 0.717) is 12.4 Å². The molecule has 0 unspecified atom stereocenters. The molecule has 2 rings (SSSR count). The first-order chi connectivity index (χ1) is 8.24. The first kappa shape index (κ1) is 11.5. The largest absolute Gasteiger partial charge is 0.508 e. The van der Waals surface area contributed by atoms with Gasteiger partial charge in [0.2, 0.25) is 0 Å². The first-order valence-corrected chi connectivity index (χ1v) is 5.63. The molecule has 0 aliphatic rings. The Hall–Kier alpha value is -1.97. The lowest BCUT2D eigenvalue weighted by atomic mass is 10.2. The molecule has 0 spiro atoms. The monoisotopic (exact) mass is 232 g/mol. The second-order valence-corrected chi connectivity index (χ2v) is 4.01. The Balaban J connectivity index is 1.78. The number of aromatic nitrogens is 2. The first-order valence-electron chi connectivity index (χ1n) is 5.63. The van der Waals surface area contributed by atoms with Gasteiger partial charge in [-0.05, 0) is 31.0 Å². The number of aromatic hydroxyl groups is 1. The Bertz CT molecular complexity index is 446. The lowest BCUT2D eigenvalue weighted by Crippen LogP contribution is -2.03. The average Bonchev–Trinajstić information content (AvgIpc) is 2.76. The third kappa shape index (κ3) is 3.52. The Kier molecular flexibility index (Phi) is 3.65. The maximum atomic E-state index is 9.41. The van der Waals surface area contributed by atoms with Gasteiger partial charge in [0.05, 0.1) is 12.9 Å². The van der Waals surface area contributed by atoms with Crippen LogP contribution < -0.4 is 4.74 Å². The number of nitrogens with zero attached hydrogens (tertiary/aromatic N) is 2. The average molecular weight is 232 g/mol. The molecule has 1 N–H and O–H groups in total. The highest BCUT2D eigenvalue weighted by molar-refractivity contribution is 5.36. The summed E-state index contributed by atoms with van der Waals surface area (Å²) in [5.74, 6) is 0.961. The molecular weight excluding hydrogens is 216 g/mol. The van der Waals surface area contributed by atoms with Crippen LogP contribution in [0.15, 0.2) is 36.9 Å². The minimum Gasteiger partial charge on any atom is -0.508 e. The molecule has 1 aromatic carbocycles. The molecule has 0 amide bonds. The molecular formula is C13H16N2O2. The SMILES string of the molecule is Cc1cc(O)cc(OCCCn2ccnc2)c1. The number of aryl methyl sites for hydroxylation is 2. The van der Waals surface area contributed by atoms with Crippen molar-refractivity contribution in [1.82, 2.24) is 9.55 Å². The maximum absolute atomic E-state index is 9.41. The molecule has 2 aromatic rings. The van der Waals surface area contributed by atoms with Gasteiger partial charge in [0.15, 0.2) is 0 Å². The number of phenols is 1.